The van der Waals surface area contributed by atoms with Crippen molar-refractivity contribution in [1.82, 2.24) is 9.80 Å². The van der Waals surface area contributed by atoms with Gasteiger partial charge in [-0.3, -0.25) is 9.59 Å². The van der Waals surface area contributed by atoms with Gasteiger partial charge in [0.2, 0.25) is 5.91 Å². The molecule has 0 radical (unpaired) electrons. The van der Waals surface area contributed by atoms with Crippen LogP contribution < -0.4 is 5.73 Å². The largest absolute Gasteiger partial charge is 0.381 e. The number of carbonyl (C=O) groups is 2. The van der Waals surface area contributed by atoms with Gasteiger partial charge in [0, 0.05) is 45.9 Å². The summed E-state index contributed by atoms with van der Waals surface area (Å²) in [6.45, 7) is 2.38. The Morgan fingerprint density at radius 1 is 1.04 bits per heavy atom. The molecule has 0 unspecified atom stereocenters. The lowest BCUT2D eigenvalue weighted by molar-refractivity contribution is -0.148. The molecule has 0 spiro atoms. The molecule has 6 nitrogen and oxygen atoms in total. The van der Waals surface area contributed by atoms with Gasteiger partial charge in [0.05, 0.1) is 5.41 Å². The second kappa shape index (κ2) is 7.67. The number of rotatable bonds is 3. The quantitative estimate of drug-likeness (QED) is 0.865. The zero-order chi connectivity index (χ0) is 18.7. The molecular weight excluding hydrogens is 344 g/mol. The SMILES string of the molecule is NCC1(C(=O)N2CCN(C(=O)c3c(F)cccc3F)CC2)CCOCC1. The van der Waals surface area contributed by atoms with Crippen molar-refractivity contribution in [2.24, 2.45) is 11.1 Å². The Kier molecular flexibility index (Phi) is 5.52. The molecule has 142 valence electrons. The van der Waals surface area contributed by atoms with Crippen LogP contribution in [0.25, 0.3) is 0 Å². The van der Waals surface area contributed by atoms with E-state index in [1.54, 1.807) is 4.90 Å². The first-order valence-corrected chi connectivity index (χ1v) is 8.79. The first-order chi connectivity index (χ1) is 12.5. The van der Waals surface area contributed by atoms with Crippen molar-refractivity contribution in [3.05, 3.63) is 35.4 Å². The van der Waals surface area contributed by atoms with Crippen molar-refractivity contribution >= 4 is 11.8 Å². The summed E-state index contributed by atoms with van der Waals surface area (Å²) >= 11 is 0. The van der Waals surface area contributed by atoms with E-state index in [2.05, 4.69) is 0 Å². The van der Waals surface area contributed by atoms with E-state index in [4.69, 9.17) is 10.5 Å². The van der Waals surface area contributed by atoms with Gasteiger partial charge in [-0.15, -0.1) is 0 Å². The fourth-order valence-electron chi connectivity index (χ4n) is 3.58. The van der Waals surface area contributed by atoms with Crippen LogP contribution in [0.15, 0.2) is 18.2 Å². The van der Waals surface area contributed by atoms with Gasteiger partial charge in [-0.1, -0.05) is 6.07 Å². The highest BCUT2D eigenvalue weighted by atomic mass is 19.1. The van der Waals surface area contributed by atoms with Gasteiger partial charge < -0.3 is 20.3 Å². The summed E-state index contributed by atoms with van der Waals surface area (Å²) in [6, 6.07) is 3.34. The molecule has 0 aliphatic carbocycles. The predicted octanol–water partition coefficient (Wildman–Crippen LogP) is 1.00. The summed E-state index contributed by atoms with van der Waals surface area (Å²) in [4.78, 5) is 28.4. The highest BCUT2D eigenvalue weighted by Crippen LogP contribution is 2.32. The molecular formula is C18H23F2N3O3. The van der Waals surface area contributed by atoms with Crippen LogP contribution in [0.2, 0.25) is 0 Å². The molecule has 3 rings (SSSR count). The number of nitrogens with two attached hydrogens (primary N) is 1. The molecule has 0 atom stereocenters. The van der Waals surface area contributed by atoms with E-state index in [0.717, 1.165) is 12.1 Å². The Balaban J connectivity index is 1.65. The molecule has 0 saturated carbocycles. The molecule has 1 aromatic carbocycles. The minimum atomic E-state index is -0.877. The van der Waals surface area contributed by atoms with E-state index in [9.17, 15) is 18.4 Å². The molecule has 8 heteroatoms. The zero-order valence-corrected chi connectivity index (χ0v) is 14.5. The Morgan fingerprint density at radius 3 is 2.12 bits per heavy atom. The lowest BCUT2D eigenvalue weighted by Crippen LogP contribution is -2.57. The average Bonchev–Trinajstić information content (AvgIpc) is 2.68. The van der Waals surface area contributed by atoms with E-state index in [-0.39, 0.29) is 25.5 Å². The van der Waals surface area contributed by atoms with Crippen molar-refractivity contribution in [3.63, 3.8) is 0 Å². The Hall–Kier alpha value is -2.06. The molecule has 2 N–H and O–H groups in total. The maximum absolute atomic E-state index is 13.8. The van der Waals surface area contributed by atoms with E-state index in [1.807, 2.05) is 0 Å². The first kappa shape index (κ1) is 18.7. The number of hydrogen-bond donors (Lipinski definition) is 1. The van der Waals surface area contributed by atoms with E-state index >= 15 is 0 Å². The van der Waals surface area contributed by atoms with Crippen LogP contribution in [0.3, 0.4) is 0 Å². The molecule has 2 aliphatic heterocycles. The summed E-state index contributed by atoms with van der Waals surface area (Å²) in [7, 11) is 0. The molecule has 2 saturated heterocycles. The van der Waals surface area contributed by atoms with Crippen LogP contribution in [-0.2, 0) is 9.53 Å². The van der Waals surface area contributed by atoms with Crippen molar-refractivity contribution in [1.29, 1.82) is 0 Å². The Morgan fingerprint density at radius 2 is 1.58 bits per heavy atom. The molecule has 2 aliphatic rings. The van der Waals surface area contributed by atoms with Crippen molar-refractivity contribution < 1.29 is 23.1 Å². The first-order valence-electron chi connectivity index (χ1n) is 8.79. The fourth-order valence-corrected chi connectivity index (χ4v) is 3.58. The van der Waals surface area contributed by atoms with Crippen LogP contribution in [0.5, 0.6) is 0 Å². The van der Waals surface area contributed by atoms with E-state index < -0.39 is 28.5 Å². The topological polar surface area (TPSA) is 75.9 Å². The number of hydrogen-bond acceptors (Lipinski definition) is 4. The molecule has 0 aromatic heterocycles. The molecule has 2 amide bonds. The monoisotopic (exact) mass is 367 g/mol. The van der Waals surface area contributed by atoms with E-state index in [0.29, 0.717) is 39.1 Å². The van der Waals surface area contributed by atoms with Crippen molar-refractivity contribution in [2.75, 3.05) is 45.9 Å². The third kappa shape index (κ3) is 3.43. The second-order valence-corrected chi connectivity index (χ2v) is 6.78. The normalized spacial score (nSPS) is 20.1. The average molecular weight is 367 g/mol. The molecule has 1 aromatic rings. The second-order valence-electron chi connectivity index (χ2n) is 6.78. The van der Waals surface area contributed by atoms with Crippen LogP contribution in [0, 0.1) is 17.0 Å². The summed E-state index contributed by atoms with van der Waals surface area (Å²) in [5.41, 5.74) is 4.72. The van der Waals surface area contributed by atoms with Gasteiger partial charge >= 0.3 is 0 Å². The van der Waals surface area contributed by atoms with E-state index in [1.165, 1.54) is 11.0 Å². The third-order valence-corrected chi connectivity index (χ3v) is 5.33. The Bertz CT molecular complexity index is 664. The highest BCUT2D eigenvalue weighted by Gasteiger charge is 2.42. The molecule has 26 heavy (non-hydrogen) atoms. The minimum Gasteiger partial charge on any atom is -0.381 e. The number of halogens is 2. The molecule has 2 fully saturated rings. The number of carbonyl (C=O) groups excluding carboxylic acids is 2. The number of benzene rings is 1. The van der Waals surface area contributed by atoms with Crippen molar-refractivity contribution in [3.8, 4) is 0 Å². The van der Waals surface area contributed by atoms with Gasteiger partial charge in [-0.2, -0.15) is 0 Å². The number of piperazine rings is 1. The van der Waals surface area contributed by atoms with Gasteiger partial charge in [0.1, 0.15) is 17.2 Å². The van der Waals surface area contributed by atoms with Gasteiger partial charge in [0.15, 0.2) is 0 Å². The summed E-state index contributed by atoms with van der Waals surface area (Å²) in [5.74, 6) is -2.46. The Labute approximate surface area is 150 Å². The van der Waals surface area contributed by atoms with Crippen LogP contribution in [0.1, 0.15) is 23.2 Å². The van der Waals surface area contributed by atoms with Crippen molar-refractivity contribution in [2.45, 2.75) is 12.8 Å². The highest BCUT2D eigenvalue weighted by molar-refractivity contribution is 5.95. The lowest BCUT2D eigenvalue weighted by atomic mass is 9.78. The summed E-state index contributed by atoms with van der Waals surface area (Å²) < 4.78 is 33.0. The standard InChI is InChI=1S/C18H23F2N3O3/c19-13-2-1-3-14(20)15(13)16(24)22-6-8-23(9-7-22)17(25)18(12-21)4-10-26-11-5-18/h1-3H,4-12,21H2. The number of ether oxygens (including phenoxy) is 1. The smallest absolute Gasteiger partial charge is 0.259 e. The van der Waals surface area contributed by atoms with Gasteiger partial charge in [0.25, 0.3) is 5.91 Å². The molecule has 2 heterocycles. The van der Waals surface area contributed by atoms with Crippen LogP contribution >= 0.6 is 0 Å². The summed E-state index contributed by atoms with van der Waals surface area (Å²) in [5, 5.41) is 0. The third-order valence-electron chi connectivity index (χ3n) is 5.33. The van der Waals surface area contributed by atoms with Gasteiger partial charge in [-0.05, 0) is 25.0 Å². The maximum atomic E-state index is 13.8. The van der Waals surface area contributed by atoms with Gasteiger partial charge in [-0.25, -0.2) is 8.78 Å². The number of nitrogens with zero attached hydrogens (tertiary/aromatic N) is 2. The van der Waals surface area contributed by atoms with Crippen LogP contribution in [0.4, 0.5) is 8.78 Å². The molecule has 0 bridgehead atoms. The predicted molar refractivity (Wildman–Crippen MR) is 90.4 cm³/mol. The fraction of sp³-hybridized carbons (Fsp3) is 0.556. The minimum absolute atomic E-state index is 0.0209. The zero-order valence-electron chi connectivity index (χ0n) is 14.5. The maximum Gasteiger partial charge on any atom is 0.259 e. The number of amides is 2. The van der Waals surface area contributed by atoms with Crippen LogP contribution in [-0.4, -0.2) is 67.6 Å². The lowest BCUT2D eigenvalue weighted by Gasteiger charge is -2.42. The summed E-state index contributed by atoms with van der Waals surface area (Å²) in [6.07, 6.45) is 1.17.